The Bertz CT molecular complexity index is 413. The summed E-state index contributed by atoms with van der Waals surface area (Å²) in [4.78, 5) is 12.7. The summed E-state index contributed by atoms with van der Waals surface area (Å²) in [5.74, 6) is 0.210. The van der Waals surface area contributed by atoms with Crippen molar-refractivity contribution in [3.63, 3.8) is 0 Å². The summed E-state index contributed by atoms with van der Waals surface area (Å²) in [5, 5.41) is 0. The number of Topliss-reactive ketones (excluding diaryl/α,β-unsaturated/α-hetero) is 1. The lowest BCUT2D eigenvalue weighted by molar-refractivity contribution is -0.114. The quantitative estimate of drug-likeness (QED) is 0.631. The van der Waals surface area contributed by atoms with Crippen LogP contribution in [0.3, 0.4) is 0 Å². The van der Waals surface area contributed by atoms with Gasteiger partial charge in [-0.2, -0.15) is 0 Å². The van der Waals surface area contributed by atoms with Gasteiger partial charge in [0.25, 0.3) is 0 Å². The van der Waals surface area contributed by atoms with Gasteiger partial charge < -0.3 is 0 Å². The van der Waals surface area contributed by atoms with Crippen LogP contribution < -0.4 is 0 Å². The van der Waals surface area contributed by atoms with Gasteiger partial charge in [-0.3, -0.25) is 4.79 Å². The molecule has 0 aliphatic heterocycles. The molecule has 0 amide bonds. The molecule has 0 radical (unpaired) electrons. The van der Waals surface area contributed by atoms with Gasteiger partial charge in [-0.15, -0.1) is 6.58 Å². The molecular weight excluding hydrogens is 232 g/mol. The second-order valence-electron chi connectivity index (χ2n) is 7.94. The van der Waals surface area contributed by atoms with Crippen molar-refractivity contribution in [1.29, 1.82) is 0 Å². The summed E-state index contributed by atoms with van der Waals surface area (Å²) in [7, 11) is 0. The number of allylic oxidation sites excluding steroid dienone is 5. The van der Waals surface area contributed by atoms with Gasteiger partial charge >= 0.3 is 0 Å². The molecule has 0 aromatic heterocycles. The maximum Gasteiger partial charge on any atom is 0.185 e. The zero-order valence-corrected chi connectivity index (χ0v) is 13.6. The van der Waals surface area contributed by atoms with Gasteiger partial charge in [-0.05, 0) is 17.3 Å². The fourth-order valence-electron chi connectivity index (χ4n) is 2.52. The number of ketones is 1. The highest BCUT2D eigenvalue weighted by atomic mass is 16.1. The molecule has 0 N–H and O–H groups in total. The van der Waals surface area contributed by atoms with Crippen molar-refractivity contribution in [2.24, 2.45) is 16.2 Å². The van der Waals surface area contributed by atoms with E-state index in [2.05, 4.69) is 67.2 Å². The molecule has 19 heavy (non-hydrogen) atoms. The van der Waals surface area contributed by atoms with E-state index >= 15 is 0 Å². The van der Waals surface area contributed by atoms with Crippen LogP contribution in [0.2, 0.25) is 0 Å². The highest BCUT2D eigenvalue weighted by molar-refractivity contribution is 6.10. The lowest BCUT2D eigenvalue weighted by atomic mass is 9.66. The highest BCUT2D eigenvalue weighted by Crippen LogP contribution is 2.44. The minimum Gasteiger partial charge on any atom is -0.289 e. The molecule has 0 atom stereocenters. The van der Waals surface area contributed by atoms with E-state index in [1.807, 2.05) is 6.08 Å². The van der Waals surface area contributed by atoms with Gasteiger partial charge in [-0.25, -0.2) is 0 Å². The molecule has 0 saturated heterocycles. The molecule has 0 aromatic rings. The standard InChI is InChI=1S/C18H28O/c1-9-10-18(8)11-13(16(2,3)4)15(19)14(12-18)17(5,6)7/h9,11-12H,1,10H2,2-8H3. The molecule has 1 heteroatoms. The van der Waals surface area contributed by atoms with Crippen LogP contribution in [-0.2, 0) is 4.79 Å². The Kier molecular flexibility index (Phi) is 4.01. The zero-order chi connectivity index (χ0) is 15.1. The Morgan fingerprint density at radius 2 is 1.42 bits per heavy atom. The van der Waals surface area contributed by atoms with Gasteiger partial charge in [0.05, 0.1) is 0 Å². The summed E-state index contributed by atoms with van der Waals surface area (Å²) in [6.45, 7) is 18.7. The predicted octanol–water partition coefficient (Wildman–Crippen LogP) is 5.10. The molecule has 106 valence electrons. The molecule has 1 aliphatic rings. The third-order valence-electron chi connectivity index (χ3n) is 3.64. The lowest BCUT2D eigenvalue weighted by Crippen LogP contribution is -2.32. The van der Waals surface area contributed by atoms with Crippen molar-refractivity contribution in [1.82, 2.24) is 0 Å². The van der Waals surface area contributed by atoms with E-state index in [0.717, 1.165) is 17.6 Å². The first kappa shape index (κ1) is 15.9. The first-order valence-corrected chi connectivity index (χ1v) is 7.03. The Balaban J connectivity index is 3.42. The SMILES string of the molecule is C=CCC1(C)C=C(C(C)(C)C)C(=O)C(C(C)(C)C)=C1. The monoisotopic (exact) mass is 260 g/mol. The third kappa shape index (κ3) is 3.46. The Labute approximate surface area is 118 Å². The van der Waals surface area contributed by atoms with E-state index in [0.29, 0.717) is 0 Å². The predicted molar refractivity (Wildman–Crippen MR) is 83.0 cm³/mol. The normalized spacial score (nSPS) is 19.8. The maximum atomic E-state index is 12.7. The minimum absolute atomic E-state index is 0.0963. The molecule has 1 rings (SSSR count). The first-order valence-electron chi connectivity index (χ1n) is 7.03. The minimum atomic E-state index is -0.121. The molecule has 0 saturated carbocycles. The molecule has 0 fully saturated rings. The number of hydrogen-bond acceptors (Lipinski definition) is 1. The van der Waals surface area contributed by atoms with Crippen LogP contribution in [0.25, 0.3) is 0 Å². The summed E-state index contributed by atoms with van der Waals surface area (Å²) >= 11 is 0. The van der Waals surface area contributed by atoms with E-state index in [1.165, 1.54) is 0 Å². The van der Waals surface area contributed by atoms with Crippen LogP contribution in [0, 0.1) is 16.2 Å². The van der Waals surface area contributed by atoms with Crippen molar-refractivity contribution >= 4 is 5.78 Å². The van der Waals surface area contributed by atoms with Gasteiger partial charge in [0.1, 0.15) is 0 Å². The van der Waals surface area contributed by atoms with Gasteiger partial charge in [0.2, 0.25) is 0 Å². The molecule has 0 spiro atoms. The van der Waals surface area contributed by atoms with E-state index in [1.54, 1.807) is 0 Å². The van der Waals surface area contributed by atoms with Crippen molar-refractivity contribution in [2.45, 2.75) is 54.9 Å². The molecule has 1 aliphatic carbocycles. The largest absolute Gasteiger partial charge is 0.289 e. The number of carbonyl (C=O) groups excluding carboxylic acids is 1. The van der Waals surface area contributed by atoms with E-state index in [4.69, 9.17) is 0 Å². The highest BCUT2D eigenvalue weighted by Gasteiger charge is 2.38. The van der Waals surface area contributed by atoms with Crippen molar-refractivity contribution in [3.8, 4) is 0 Å². The summed E-state index contributed by atoms with van der Waals surface area (Å²) < 4.78 is 0. The van der Waals surface area contributed by atoms with Crippen LogP contribution in [0.15, 0.2) is 36.0 Å². The number of carbonyl (C=O) groups is 1. The molecule has 0 heterocycles. The van der Waals surface area contributed by atoms with Gasteiger partial charge in [0, 0.05) is 16.6 Å². The first-order chi connectivity index (χ1) is 8.41. The van der Waals surface area contributed by atoms with Crippen LogP contribution >= 0.6 is 0 Å². The summed E-state index contributed by atoms with van der Waals surface area (Å²) in [6, 6.07) is 0. The average Bonchev–Trinajstić information content (AvgIpc) is 2.18. The third-order valence-corrected chi connectivity index (χ3v) is 3.64. The topological polar surface area (TPSA) is 17.1 Å². The molecule has 0 bridgehead atoms. The van der Waals surface area contributed by atoms with Crippen molar-refractivity contribution in [3.05, 3.63) is 36.0 Å². The second kappa shape index (κ2) is 4.77. The van der Waals surface area contributed by atoms with E-state index in [9.17, 15) is 4.79 Å². The maximum absolute atomic E-state index is 12.7. The Hall–Kier alpha value is -1.11. The van der Waals surface area contributed by atoms with Crippen LogP contribution in [-0.4, -0.2) is 5.78 Å². The summed E-state index contributed by atoms with van der Waals surface area (Å²) in [6.07, 6.45) is 7.08. The fraction of sp³-hybridized carbons (Fsp3) is 0.611. The lowest BCUT2D eigenvalue weighted by Gasteiger charge is -2.37. The van der Waals surface area contributed by atoms with Crippen molar-refractivity contribution in [2.75, 3.05) is 0 Å². The Morgan fingerprint density at radius 3 is 1.68 bits per heavy atom. The van der Waals surface area contributed by atoms with Crippen LogP contribution in [0.4, 0.5) is 0 Å². The molecular formula is C18H28O. The Morgan fingerprint density at radius 1 is 1.05 bits per heavy atom. The van der Waals surface area contributed by atoms with Crippen LogP contribution in [0.5, 0.6) is 0 Å². The van der Waals surface area contributed by atoms with Crippen molar-refractivity contribution < 1.29 is 4.79 Å². The molecule has 0 unspecified atom stereocenters. The summed E-state index contributed by atoms with van der Waals surface area (Å²) in [5.41, 5.74) is 1.53. The molecule has 0 aromatic carbocycles. The average molecular weight is 260 g/mol. The zero-order valence-electron chi connectivity index (χ0n) is 13.6. The number of hydrogen-bond donors (Lipinski definition) is 0. The van der Waals surface area contributed by atoms with E-state index < -0.39 is 0 Å². The van der Waals surface area contributed by atoms with Gasteiger partial charge in [-0.1, -0.05) is 66.7 Å². The van der Waals surface area contributed by atoms with E-state index in [-0.39, 0.29) is 22.0 Å². The molecule has 1 nitrogen and oxygen atoms in total. The number of rotatable bonds is 2. The fourth-order valence-corrected chi connectivity index (χ4v) is 2.52. The smallest absolute Gasteiger partial charge is 0.185 e. The second-order valence-corrected chi connectivity index (χ2v) is 7.94. The van der Waals surface area contributed by atoms with Crippen LogP contribution in [0.1, 0.15) is 54.9 Å². The van der Waals surface area contributed by atoms with Gasteiger partial charge in [0.15, 0.2) is 5.78 Å².